The van der Waals surface area contributed by atoms with Crippen LogP contribution in [0.15, 0.2) is 35.3 Å². The van der Waals surface area contributed by atoms with Crippen LogP contribution in [0.4, 0.5) is 0 Å². The Morgan fingerprint density at radius 2 is 2.04 bits per heavy atom. The highest BCUT2D eigenvalue weighted by atomic mass is 127. The minimum absolute atomic E-state index is 0. The average Bonchev–Trinajstić information content (AvgIpc) is 2.47. The molecule has 1 aliphatic heterocycles. The molecule has 1 atom stereocenters. The predicted octanol–water partition coefficient (Wildman–Crippen LogP) is 1.13. The third-order valence-corrected chi connectivity index (χ3v) is 5.02. The number of rotatable bonds is 4. The first-order valence-electron chi connectivity index (χ1n) is 7.28. The van der Waals surface area contributed by atoms with Gasteiger partial charge in [-0.3, -0.25) is 0 Å². The van der Waals surface area contributed by atoms with Crippen LogP contribution in [-0.2, 0) is 21.1 Å². The van der Waals surface area contributed by atoms with Gasteiger partial charge in [0.2, 0.25) is 0 Å². The van der Waals surface area contributed by atoms with Gasteiger partial charge >= 0.3 is 0 Å². The normalized spacial score (nSPS) is 20.4. The van der Waals surface area contributed by atoms with Gasteiger partial charge in [0.1, 0.15) is 0 Å². The Balaban J connectivity index is 0.00000264. The molecule has 0 aromatic heterocycles. The van der Waals surface area contributed by atoms with E-state index in [4.69, 9.17) is 4.74 Å². The third kappa shape index (κ3) is 7.05. The van der Waals surface area contributed by atoms with E-state index in [0.717, 1.165) is 11.5 Å². The number of sulfone groups is 1. The van der Waals surface area contributed by atoms with Crippen LogP contribution in [0.1, 0.15) is 5.56 Å². The minimum atomic E-state index is -2.97. The molecular weight excluding hydrogens is 429 g/mol. The van der Waals surface area contributed by atoms with Crippen molar-refractivity contribution in [2.24, 2.45) is 4.99 Å². The van der Waals surface area contributed by atoms with Crippen LogP contribution < -0.4 is 5.32 Å². The summed E-state index contributed by atoms with van der Waals surface area (Å²) in [5.74, 6) is 0.904. The number of halogens is 1. The van der Waals surface area contributed by atoms with Crippen molar-refractivity contribution in [1.29, 1.82) is 0 Å². The van der Waals surface area contributed by atoms with Crippen molar-refractivity contribution in [2.45, 2.75) is 12.6 Å². The van der Waals surface area contributed by atoms with E-state index in [-0.39, 0.29) is 48.2 Å². The molecule has 23 heavy (non-hydrogen) atoms. The molecule has 0 spiro atoms. The number of guanidine groups is 1. The molecule has 1 aliphatic rings. The van der Waals surface area contributed by atoms with Crippen LogP contribution in [0.3, 0.4) is 0 Å². The van der Waals surface area contributed by atoms with Crippen molar-refractivity contribution in [3.63, 3.8) is 0 Å². The van der Waals surface area contributed by atoms with Gasteiger partial charge in [-0.15, -0.1) is 24.0 Å². The maximum absolute atomic E-state index is 11.6. The highest BCUT2D eigenvalue weighted by Crippen LogP contribution is 2.06. The SMILES string of the molecule is CN(C)C(=NCc1ccccc1)NCC1CS(=O)(=O)CCO1.I. The molecular formula is C15H24IN3O3S. The first-order chi connectivity index (χ1) is 10.5. The molecule has 0 saturated carbocycles. The number of aliphatic imine (C=N–C) groups is 1. The topological polar surface area (TPSA) is 71.0 Å². The maximum Gasteiger partial charge on any atom is 0.193 e. The fourth-order valence-corrected chi connectivity index (χ4v) is 3.48. The summed E-state index contributed by atoms with van der Waals surface area (Å²) in [7, 11) is 0.822. The zero-order valence-corrected chi connectivity index (χ0v) is 16.6. The second-order valence-corrected chi connectivity index (χ2v) is 7.74. The molecule has 2 rings (SSSR count). The Labute approximate surface area is 155 Å². The van der Waals surface area contributed by atoms with Crippen LogP contribution in [0.5, 0.6) is 0 Å². The van der Waals surface area contributed by atoms with Crippen molar-refractivity contribution in [2.75, 3.05) is 38.8 Å². The number of nitrogens with zero attached hydrogens (tertiary/aromatic N) is 2. The highest BCUT2D eigenvalue weighted by molar-refractivity contribution is 14.0. The van der Waals surface area contributed by atoms with Crippen LogP contribution >= 0.6 is 24.0 Å². The van der Waals surface area contributed by atoms with Gasteiger partial charge in [0.05, 0.1) is 30.8 Å². The van der Waals surface area contributed by atoms with Crippen LogP contribution in [-0.4, -0.2) is 64.1 Å². The maximum atomic E-state index is 11.6. The van der Waals surface area contributed by atoms with Crippen LogP contribution in [0, 0.1) is 0 Å². The number of hydrogen-bond acceptors (Lipinski definition) is 4. The molecule has 130 valence electrons. The van der Waals surface area contributed by atoms with E-state index < -0.39 is 9.84 Å². The Morgan fingerprint density at radius 1 is 1.35 bits per heavy atom. The number of nitrogens with one attached hydrogen (secondary N) is 1. The lowest BCUT2D eigenvalue weighted by Crippen LogP contribution is -2.45. The molecule has 1 N–H and O–H groups in total. The van der Waals surface area contributed by atoms with Gasteiger partial charge in [-0.2, -0.15) is 0 Å². The second kappa shape index (κ2) is 9.43. The monoisotopic (exact) mass is 453 g/mol. The molecule has 1 saturated heterocycles. The van der Waals surface area contributed by atoms with Gasteiger partial charge in [-0.25, -0.2) is 13.4 Å². The van der Waals surface area contributed by atoms with Crippen LogP contribution in [0.25, 0.3) is 0 Å². The van der Waals surface area contributed by atoms with E-state index in [0.29, 0.717) is 13.1 Å². The molecule has 1 fully saturated rings. The standard InChI is InChI=1S/C15H23N3O3S.HI/c1-18(2)15(16-10-13-6-4-3-5-7-13)17-11-14-12-22(19,20)9-8-21-14;/h3-7,14H,8-12H2,1-2H3,(H,16,17);1H. The Morgan fingerprint density at radius 3 is 2.65 bits per heavy atom. The fourth-order valence-electron chi connectivity index (χ4n) is 2.18. The lowest BCUT2D eigenvalue weighted by Gasteiger charge is -2.25. The van der Waals surface area contributed by atoms with E-state index in [9.17, 15) is 8.42 Å². The van der Waals surface area contributed by atoms with Crippen molar-refractivity contribution in [1.82, 2.24) is 10.2 Å². The summed E-state index contributed by atoms with van der Waals surface area (Å²) in [6.07, 6.45) is -0.319. The lowest BCUT2D eigenvalue weighted by atomic mass is 10.2. The lowest BCUT2D eigenvalue weighted by molar-refractivity contribution is 0.0744. The molecule has 0 bridgehead atoms. The van der Waals surface area contributed by atoms with Gasteiger partial charge in [0, 0.05) is 20.6 Å². The fraction of sp³-hybridized carbons (Fsp3) is 0.533. The summed E-state index contributed by atoms with van der Waals surface area (Å²) in [6, 6.07) is 9.98. The van der Waals surface area contributed by atoms with Crippen LogP contribution in [0.2, 0.25) is 0 Å². The van der Waals surface area contributed by atoms with E-state index in [1.807, 2.05) is 49.3 Å². The number of hydrogen-bond donors (Lipinski definition) is 1. The summed E-state index contributed by atoms with van der Waals surface area (Å²) in [4.78, 5) is 6.42. The molecule has 0 aliphatic carbocycles. The predicted molar refractivity (Wildman–Crippen MR) is 103 cm³/mol. The van der Waals surface area contributed by atoms with Gasteiger partial charge < -0.3 is 15.0 Å². The highest BCUT2D eigenvalue weighted by Gasteiger charge is 2.25. The summed E-state index contributed by atoms with van der Waals surface area (Å²) >= 11 is 0. The van der Waals surface area contributed by atoms with E-state index in [1.54, 1.807) is 0 Å². The third-order valence-electron chi connectivity index (χ3n) is 3.35. The second-order valence-electron chi connectivity index (χ2n) is 5.51. The molecule has 1 heterocycles. The molecule has 0 amide bonds. The van der Waals surface area contributed by atoms with Crippen molar-refractivity contribution < 1.29 is 13.2 Å². The van der Waals surface area contributed by atoms with Gasteiger partial charge in [-0.05, 0) is 5.56 Å². The first-order valence-corrected chi connectivity index (χ1v) is 9.10. The van der Waals surface area contributed by atoms with Crippen molar-refractivity contribution in [3.05, 3.63) is 35.9 Å². The molecule has 1 unspecified atom stereocenters. The smallest absolute Gasteiger partial charge is 0.193 e. The molecule has 6 nitrogen and oxygen atoms in total. The zero-order chi connectivity index (χ0) is 16.0. The van der Waals surface area contributed by atoms with Gasteiger partial charge in [0.25, 0.3) is 0 Å². The Hall–Kier alpha value is -0.870. The minimum Gasteiger partial charge on any atom is -0.374 e. The van der Waals surface area contributed by atoms with Gasteiger partial charge in [-0.1, -0.05) is 30.3 Å². The first kappa shape index (κ1) is 20.2. The molecule has 1 aromatic carbocycles. The summed E-state index contributed by atoms with van der Waals surface area (Å²) in [5.41, 5.74) is 1.13. The van der Waals surface area contributed by atoms with Gasteiger partial charge in [0.15, 0.2) is 15.8 Å². The largest absolute Gasteiger partial charge is 0.374 e. The molecule has 1 aromatic rings. The average molecular weight is 453 g/mol. The molecule has 8 heteroatoms. The summed E-state index contributed by atoms with van der Waals surface area (Å²) < 4.78 is 28.7. The van der Waals surface area contributed by atoms with Crippen molar-refractivity contribution in [3.8, 4) is 0 Å². The number of benzene rings is 1. The summed E-state index contributed by atoms with van der Waals surface area (Å²) in [5, 5.41) is 3.18. The van der Waals surface area contributed by atoms with E-state index in [2.05, 4.69) is 10.3 Å². The van der Waals surface area contributed by atoms with E-state index >= 15 is 0 Å². The summed E-state index contributed by atoms with van der Waals surface area (Å²) in [6.45, 7) is 1.28. The van der Waals surface area contributed by atoms with E-state index in [1.165, 1.54) is 0 Å². The Bertz CT molecular complexity index is 606. The number of ether oxygens (including phenoxy) is 1. The Kier molecular flexibility index (Phi) is 8.27. The quantitative estimate of drug-likeness (QED) is 0.421. The molecule has 0 radical (unpaired) electrons. The zero-order valence-electron chi connectivity index (χ0n) is 13.4. The van der Waals surface area contributed by atoms with Crippen molar-refractivity contribution >= 4 is 39.8 Å².